The largest absolute Gasteiger partial charge is 0.493 e. The van der Waals surface area contributed by atoms with Gasteiger partial charge in [-0.05, 0) is 163 Å². The second-order valence-corrected chi connectivity index (χ2v) is 22.4. The van der Waals surface area contributed by atoms with Crippen molar-refractivity contribution in [3.05, 3.63) is 162 Å². The minimum absolute atomic E-state index is 0.0470. The first kappa shape index (κ1) is 65.7. The number of unbranched alkanes of at least 4 members (excludes halogenated alkanes) is 2. The minimum atomic E-state index is -1.41. The molecular formula is C65H70Cl4N2O16. The van der Waals surface area contributed by atoms with Crippen molar-refractivity contribution in [3.8, 4) is 46.0 Å². The molecule has 4 atom stereocenters. The summed E-state index contributed by atoms with van der Waals surface area (Å²) in [5.41, 5.74) is 5.82. The molecule has 6 aromatic carbocycles. The van der Waals surface area contributed by atoms with Crippen LogP contribution < -0.4 is 37.9 Å². The topological polar surface area (TPSA) is 186 Å². The van der Waals surface area contributed by atoms with Gasteiger partial charge in [-0.3, -0.25) is 9.80 Å². The molecule has 22 heteroatoms. The van der Waals surface area contributed by atoms with Crippen LogP contribution in [0.4, 0.5) is 0 Å². The average molecular weight is 1280 g/mol. The Morgan fingerprint density at radius 3 is 1.10 bits per heavy atom. The van der Waals surface area contributed by atoms with Gasteiger partial charge in [0.1, 0.15) is 0 Å². The lowest BCUT2D eigenvalue weighted by atomic mass is 9.87. The van der Waals surface area contributed by atoms with Gasteiger partial charge in [0.25, 0.3) is 0 Å². The van der Waals surface area contributed by atoms with E-state index >= 15 is 0 Å². The highest BCUT2D eigenvalue weighted by molar-refractivity contribution is 6.35. The number of nitrogens with zero attached hydrogens (tertiary/aromatic N) is 2. The summed E-state index contributed by atoms with van der Waals surface area (Å²) in [7, 11) is 12.6. The first-order valence-corrected chi connectivity index (χ1v) is 29.6. The molecule has 0 radical (unpaired) electrons. The zero-order valence-corrected chi connectivity index (χ0v) is 52.7. The highest BCUT2D eigenvalue weighted by atomic mass is 35.5. The van der Waals surface area contributed by atoms with Crippen molar-refractivity contribution >= 4 is 70.3 Å². The summed E-state index contributed by atoms with van der Waals surface area (Å²) >= 11 is 25.2. The van der Waals surface area contributed by atoms with E-state index in [0.717, 1.165) is 33.4 Å². The van der Waals surface area contributed by atoms with Crippen molar-refractivity contribution in [1.29, 1.82) is 0 Å². The fourth-order valence-corrected chi connectivity index (χ4v) is 12.0. The van der Waals surface area contributed by atoms with Crippen LogP contribution in [0.15, 0.2) is 97.1 Å². The maximum atomic E-state index is 14.3. The maximum Gasteiger partial charge on any atom is 0.348 e. The van der Waals surface area contributed by atoms with E-state index in [1.165, 1.54) is 36.4 Å². The molecule has 2 aliphatic heterocycles. The summed E-state index contributed by atoms with van der Waals surface area (Å²) in [6, 6.07) is 27.0. The molecule has 0 amide bonds. The van der Waals surface area contributed by atoms with E-state index in [2.05, 4.69) is 9.80 Å². The molecule has 2 aliphatic rings. The summed E-state index contributed by atoms with van der Waals surface area (Å²) in [6.07, 6.45) is 0.364. The van der Waals surface area contributed by atoms with Crippen molar-refractivity contribution in [2.24, 2.45) is 0 Å². The Hall–Kier alpha value is -7.32. The Bertz CT molecular complexity index is 3160. The number of methoxy groups -OCH3 is 8. The predicted octanol–water partition coefficient (Wildman–Crippen LogP) is 12.1. The quantitative estimate of drug-likeness (QED) is 0.0256. The molecule has 2 heterocycles. The monoisotopic (exact) mass is 1270 g/mol. The van der Waals surface area contributed by atoms with Gasteiger partial charge in [0.15, 0.2) is 46.0 Å². The van der Waals surface area contributed by atoms with Crippen LogP contribution in [-0.2, 0) is 54.2 Å². The fourth-order valence-electron chi connectivity index (χ4n) is 10.9. The van der Waals surface area contributed by atoms with E-state index in [1.807, 2.05) is 60.7 Å². The van der Waals surface area contributed by atoms with Crippen molar-refractivity contribution in [1.82, 2.24) is 9.80 Å². The third-order valence-electron chi connectivity index (χ3n) is 15.3. The van der Waals surface area contributed by atoms with Crippen molar-refractivity contribution in [3.63, 3.8) is 0 Å². The lowest BCUT2D eigenvalue weighted by Crippen LogP contribution is -2.45. The Morgan fingerprint density at radius 1 is 0.425 bits per heavy atom. The second kappa shape index (κ2) is 31.0. The normalized spacial score (nSPS) is 15.4. The number of halogens is 4. The van der Waals surface area contributed by atoms with E-state index in [1.54, 1.807) is 56.9 Å². The number of carbonyl (C=O) groups is 4. The maximum absolute atomic E-state index is 14.3. The van der Waals surface area contributed by atoms with Gasteiger partial charge in [-0.1, -0.05) is 58.5 Å². The second-order valence-electron chi connectivity index (χ2n) is 20.6. The van der Waals surface area contributed by atoms with Crippen LogP contribution >= 0.6 is 46.4 Å². The standard InChI is InChI=1S/C65H70Cl4N2O16/c1-76-52-14-12-38(24-54(52)78-3)22-50-48-34-58(82-7)56(80-5)30-40(48)16-18-70(50)36-60(86-62(72)42-26-44(66)32-45(67)27-42)64(74)84-20-10-9-11-21-85-65(75)61(87-63(73)43-28-46(68)33-47(69)29-43)37-71-19-17-41-31-57(81-6)59(83-8)35-49(41)51(71)23-39-13-15-53(77-2)55(25-39)79-4/h12-15,24-35,50-51,60-61H,9-11,16-23,36-37H2,1-8H3. The Labute approximate surface area is 526 Å². The van der Waals surface area contributed by atoms with Crippen LogP contribution in [0, 0.1) is 0 Å². The smallest absolute Gasteiger partial charge is 0.348 e. The molecule has 0 saturated heterocycles. The number of rotatable bonds is 28. The summed E-state index contributed by atoms with van der Waals surface area (Å²) in [6.45, 7) is 0.705. The van der Waals surface area contributed by atoms with E-state index in [0.29, 0.717) is 104 Å². The number of esters is 4. The SMILES string of the molecule is COc1ccc(CC2c3cc(OC)c(OC)cc3CCN2CC(OC(=O)c2cc(Cl)cc(Cl)c2)C(=O)OCCCCCOC(=O)C(CN2CCc3cc(OC)c(OC)cc3C2Cc2ccc(OC)c(OC)c2)OC(=O)c2cc(Cl)cc(Cl)c2)cc1OC. The number of benzene rings is 6. The highest BCUT2D eigenvalue weighted by Crippen LogP contribution is 2.43. The molecule has 87 heavy (non-hydrogen) atoms. The summed E-state index contributed by atoms with van der Waals surface area (Å²) in [5.74, 6) is 1.22. The van der Waals surface area contributed by atoms with Crippen LogP contribution in [0.25, 0.3) is 0 Å². The Balaban J connectivity index is 0.971. The van der Waals surface area contributed by atoms with Crippen molar-refractivity contribution in [2.75, 3.05) is 96.3 Å². The fraction of sp³-hybridized carbons (Fsp3) is 0.385. The molecule has 18 nitrogen and oxygen atoms in total. The van der Waals surface area contributed by atoms with Gasteiger partial charge in [-0.25, -0.2) is 19.2 Å². The number of ether oxygens (including phenoxy) is 12. The van der Waals surface area contributed by atoms with Gasteiger partial charge in [0, 0.05) is 58.4 Å². The molecule has 6 aromatic rings. The summed E-state index contributed by atoms with van der Waals surface area (Å²) in [5, 5.41) is 0.826. The first-order valence-electron chi connectivity index (χ1n) is 28.1. The highest BCUT2D eigenvalue weighted by Gasteiger charge is 2.38. The zero-order chi connectivity index (χ0) is 62.3. The minimum Gasteiger partial charge on any atom is -0.493 e. The van der Waals surface area contributed by atoms with E-state index in [9.17, 15) is 19.2 Å². The van der Waals surface area contributed by atoms with Crippen LogP contribution in [0.2, 0.25) is 20.1 Å². The predicted molar refractivity (Wildman–Crippen MR) is 329 cm³/mol. The molecule has 0 fully saturated rings. The van der Waals surface area contributed by atoms with Gasteiger partial charge in [-0.15, -0.1) is 0 Å². The van der Waals surface area contributed by atoms with E-state index in [4.69, 9.17) is 103 Å². The summed E-state index contributed by atoms with van der Waals surface area (Å²) in [4.78, 5) is 60.6. The third kappa shape index (κ3) is 16.7. The van der Waals surface area contributed by atoms with Crippen molar-refractivity contribution in [2.45, 2.75) is 69.2 Å². The lowest BCUT2D eigenvalue weighted by Gasteiger charge is -2.39. The number of hydrogen-bond donors (Lipinski definition) is 0. The molecular weight excluding hydrogens is 1210 g/mol. The first-order chi connectivity index (χ1) is 42.0. The van der Waals surface area contributed by atoms with Crippen molar-refractivity contribution < 1.29 is 76.0 Å². The molecule has 8 rings (SSSR count). The van der Waals surface area contributed by atoms with Gasteiger partial charge in [0.2, 0.25) is 12.2 Å². The lowest BCUT2D eigenvalue weighted by molar-refractivity contribution is -0.155. The molecule has 0 aliphatic carbocycles. The average Bonchev–Trinajstić information content (AvgIpc) is 1.17. The molecule has 0 N–H and O–H groups in total. The number of fused-ring (bicyclic) bond motifs is 2. The molecule has 0 aromatic heterocycles. The Kier molecular flexibility index (Phi) is 23.4. The molecule has 464 valence electrons. The molecule has 0 bridgehead atoms. The summed E-state index contributed by atoms with van der Waals surface area (Å²) < 4.78 is 69.0. The van der Waals surface area contributed by atoms with Gasteiger partial charge >= 0.3 is 23.9 Å². The third-order valence-corrected chi connectivity index (χ3v) is 16.2. The molecule has 0 spiro atoms. The molecule has 0 saturated carbocycles. The van der Waals surface area contributed by atoms with Crippen LogP contribution in [0.3, 0.4) is 0 Å². The number of carbonyl (C=O) groups excluding carboxylic acids is 4. The van der Waals surface area contributed by atoms with E-state index < -0.39 is 36.1 Å². The van der Waals surface area contributed by atoms with Gasteiger partial charge in [0.05, 0.1) is 81.2 Å². The van der Waals surface area contributed by atoms with Crippen LogP contribution in [-0.4, -0.2) is 142 Å². The van der Waals surface area contributed by atoms with Gasteiger partial charge < -0.3 is 56.8 Å². The van der Waals surface area contributed by atoms with Crippen LogP contribution in [0.5, 0.6) is 46.0 Å². The molecule has 4 unspecified atom stereocenters. The van der Waals surface area contributed by atoms with E-state index in [-0.39, 0.29) is 69.6 Å². The van der Waals surface area contributed by atoms with Crippen LogP contribution in [0.1, 0.15) is 85.4 Å². The Morgan fingerprint density at radius 2 is 0.759 bits per heavy atom. The van der Waals surface area contributed by atoms with Gasteiger partial charge in [-0.2, -0.15) is 0 Å². The zero-order valence-electron chi connectivity index (χ0n) is 49.7. The number of hydrogen-bond acceptors (Lipinski definition) is 18.